The van der Waals surface area contributed by atoms with Gasteiger partial charge in [-0.05, 0) is 33.6 Å². The van der Waals surface area contributed by atoms with Crippen LogP contribution < -0.4 is 10.6 Å². The highest BCUT2D eigenvalue weighted by Gasteiger charge is 2.25. The zero-order valence-corrected chi connectivity index (χ0v) is 11.5. The van der Waals surface area contributed by atoms with Crippen LogP contribution in [0, 0.1) is 0 Å². The van der Waals surface area contributed by atoms with Gasteiger partial charge in [-0.3, -0.25) is 10.1 Å². The van der Waals surface area contributed by atoms with Crippen LogP contribution in [0.1, 0.15) is 46.5 Å². The lowest BCUT2D eigenvalue weighted by molar-refractivity contribution is -0.124. The summed E-state index contributed by atoms with van der Waals surface area (Å²) >= 11 is 0. The molecule has 0 aromatic carbocycles. The van der Waals surface area contributed by atoms with Crippen LogP contribution in [0.3, 0.4) is 0 Å². The van der Waals surface area contributed by atoms with E-state index in [-0.39, 0.29) is 17.5 Å². The maximum absolute atomic E-state index is 12.0. The van der Waals surface area contributed by atoms with Gasteiger partial charge < -0.3 is 10.1 Å². The fraction of sp³-hybridized carbons (Fsp3) is 0.923. The third kappa shape index (κ3) is 5.04. The quantitative estimate of drug-likeness (QED) is 0.741. The molecular formula is C13H26N2O2. The Morgan fingerprint density at radius 3 is 2.53 bits per heavy atom. The van der Waals surface area contributed by atoms with Crippen LogP contribution in [0.4, 0.5) is 0 Å². The number of ether oxygens (including phenoxy) is 1. The molecule has 0 bridgehead atoms. The number of carbonyl (C=O) groups is 1. The summed E-state index contributed by atoms with van der Waals surface area (Å²) in [4.78, 5) is 12.0. The van der Waals surface area contributed by atoms with E-state index in [4.69, 9.17) is 4.74 Å². The van der Waals surface area contributed by atoms with Gasteiger partial charge in [0, 0.05) is 18.7 Å². The van der Waals surface area contributed by atoms with E-state index in [2.05, 4.69) is 10.6 Å². The molecule has 4 nitrogen and oxygen atoms in total. The summed E-state index contributed by atoms with van der Waals surface area (Å²) in [6.45, 7) is 6.57. The third-order valence-electron chi connectivity index (χ3n) is 3.21. The first-order valence-corrected chi connectivity index (χ1v) is 6.51. The summed E-state index contributed by atoms with van der Waals surface area (Å²) < 4.78 is 5.13. The van der Waals surface area contributed by atoms with Crippen LogP contribution in [-0.2, 0) is 9.53 Å². The topological polar surface area (TPSA) is 50.4 Å². The van der Waals surface area contributed by atoms with Crippen molar-refractivity contribution < 1.29 is 9.53 Å². The van der Waals surface area contributed by atoms with E-state index in [0.29, 0.717) is 12.6 Å². The lowest BCUT2D eigenvalue weighted by atomic mass is 10.1. The van der Waals surface area contributed by atoms with Crippen LogP contribution in [0.2, 0.25) is 0 Å². The first-order chi connectivity index (χ1) is 7.94. The largest absolute Gasteiger partial charge is 0.383 e. The minimum Gasteiger partial charge on any atom is -0.383 e. The number of nitrogens with one attached hydrogen (secondary N) is 2. The van der Waals surface area contributed by atoms with Gasteiger partial charge in [0.05, 0.1) is 12.6 Å². The van der Waals surface area contributed by atoms with Crippen LogP contribution in [0.25, 0.3) is 0 Å². The van der Waals surface area contributed by atoms with Crippen molar-refractivity contribution in [2.75, 3.05) is 13.7 Å². The zero-order valence-electron chi connectivity index (χ0n) is 11.5. The van der Waals surface area contributed by atoms with Crippen LogP contribution in [0.15, 0.2) is 0 Å². The van der Waals surface area contributed by atoms with E-state index < -0.39 is 0 Å². The summed E-state index contributed by atoms with van der Waals surface area (Å²) in [6, 6.07) is 0.207. The van der Waals surface area contributed by atoms with Crippen molar-refractivity contribution in [3.8, 4) is 0 Å². The number of hydrogen-bond donors (Lipinski definition) is 2. The highest BCUT2D eigenvalue weighted by atomic mass is 16.5. The highest BCUT2D eigenvalue weighted by Crippen LogP contribution is 2.17. The minimum absolute atomic E-state index is 0.0982. The molecule has 100 valence electrons. The Labute approximate surface area is 104 Å². The van der Waals surface area contributed by atoms with E-state index in [1.54, 1.807) is 7.11 Å². The summed E-state index contributed by atoms with van der Waals surface area (Å²) in [7, 11) is 1.67. The van der Waals surface area contributed by atoms with E-state index in [0.717, 1.165) is 12.8 Å². The van der Waals surface area contributed by atoms with Gasteiger partial charge in [0.2, 0.25) is 5.91 Å². The normalized spacial score (nSPS) is 19.3. The predicted molar refractivity (Wildman–Crippen MR) is 69.0 cm³/mol. The molecule has 0 aliphatic heterocycles. The highest BCUT2D eigenvalue weighted by molar-refractivity contribution is 5.81. The Hall–Kier alpha value is -0.610. The molecule has 1 rings (SSSR count). The van der Waals surface area contributed by atoms with E-state index in [1.165, 1.54) is 12.8 Å². The van der Waals surface area contributed by atoms with Gasteiger partial charge in [-0.2, -0.15) is 0 Å². The second-order valence-corrected chi connectivity index (χ2v) is 5.67. The smallest absolute Gasteiger partial charge is 0.237 e. The summed E-state index contributed by atoms with van der Waals surface area (Å²) in [6.07, 6.45) is 4.73. The molecule has 4 heteroatoms. The fourth-order valence-corrected chi connectivity index (χ4v) is 2.45. The third-order valence-corrected chi connectivity index (χ3v) is 3.21. The Morgan fingerprint density at radius 1 is 1.41 bits per heavy atom. The summed E-state index contributed by atoms with van der Waals surface area (Å²) in [5.41, 5.74) is -0.179. The average Bonchev–Trinajstić information content (AvgIpc) is 2.69. The molecule has 1 aliphatic rings. The van der Waals surface area contributed by atoms with Crippen molar-refractivity contribution in [1.82, 2.24) is 10.6 Å². The van der Waals surface area contributed by atoms with Gasteiger partial charge in [0.15, 0.2) is 0 Å². The molecule has 0 aromatic heterocycles. The standard InChI is InChI=1S/C13H26N2O2/c1-10(15-13(2,3)9-17-4)12(16)14-11-7-5-6-8-11/h10-11,15H,5-9H2,1-4H3,(H,14,16). The van der Waals surface area contributed by atoms with Gasteiger partial charge >= 0.3 is 0 Å². The molecule has 1 fully saturated rings. The molecule has 1 unspecified atom stereocenters. The lowest BCUT2D eigenvalue weighted by Gasteiger charge is -2.29. The van der Waals surface area contributed by atoms with Crippen LogP contribution in [0.5, 0.6) is 0 Å². The van der Waals surface area contributed by atoms with E-state index >= 15 is 0 Å². The molecule has 0 heterocycles. The summed E-state index contributed by atoms with van der Waals surface area (Å²) in [5, 5.41) is 6.39. The summed E-state index contributed by atoms with van der Waals surface area (Å²) in [5.74, 6) is 0.0982. The number of amides is 1. The Kier molecular flexibility index (Phi) is 5.40. The second-order valence-electron chi connectivity index (χ2n) is 5.67. The maximum atomic E-state index is 12.0. The zero-order chi connectivity index (χ0) is 12.9. The van der Waals surface area contributed by atoms with Crippen molar-refractivity contribution in [1.29, 1.82) is 0 Å². The Morgan fingerprint density at radius 2 is 2.00 bits per heavy atom. The monoisotopic (exact) mass is 242 g/mol. The van der Waals surface area contributed by atoms with Crippen LogP contribution >= 0.6 is 0 Å². The van der Waals surface area contributed by atoms with E-state index in [1.807, 2.05) is 20.8 Å². The van der Waals surface area contributed by atoms with Crippen LogP contribution in [-0.4, -0.2) is 37.2 Å². The molecule has 1 amide bonds. The van der Waals surface area contributed by atoms with Gasteiger partial charge in [0.1, 0.15) is 0 Å². The molecule has 0 aromatic rings. The predicted octanol–water partition coefficient (Wildman–Crippen LogP) is 1.45. The fourth-order valence-electron chi connectivity index (χ4n) is 2.45. The molecule has 0 spiro atoms. The SMILES string of the molecule is COCC(C)(C)NC(C)C(=O)NC1CCCC1. The molecule has 1 saturated carbocycles. The number of carbonyl (C=O) groups excluding carboxylic acids is 1. The number of rotatable bonds is 6. The molecule has 17 heavy (non-hydrogen) atoms. The maximum Gasteiger partial charge on any atom is 0.237 e. The first kappa shape index (κ1) is 14.5. The Bertz CT molecular complexity index is 248. The minimum atomic E-state index is -0.180. The molecule has 1 aliphatic carbocycles. The van der Waals surface area contributed by atoms with Crippen molar-refractivity contribution in [2.45, 2.75) is 64.1 Å². The average molecular weight is 242 g/mol. The second kappa shape index (κ2) is 6.36. The Balaban J connectivity index is 2.35. The lowest BCUT2D eigenvalue weighted by Crippen LogP contribution is -2.54. The molecule has 2 N–H and O–H groups in total. The molecular weight excluding hydrogens is 216 g/mol. The van der Waals surface area contributed by atoms with Gasteiger partial charge in [-0.15, -0.1) is 0 Å². The van der Waals surface area contributed by atoms with Crippen molar-refractivity contribution >= 4 is 5.91 Å². The van der Waals surface area contributed by atoms with Crippen molar-refractivity contribution in [3.05, 3.63) is 0 Å². The van der Waals surface area contributed by atoms with Gasteiger partial charge in [0.25, 0.3) is 0 Å². The van der Waals surface area contributed by atoms with Crippen molar-refractivity contribution in [3.63, 3.8) is 0 Å². The van der Waals surface area contributed by atoms with Gasteiger partial charge in [-0.1, -0.05) is 12.8 Å². The van der Waals surface area contributed by atoms with Gasteiger partial charge in [-0.25, -0.2) is 0 Å². The first-order valence-electron chi connectivity index (χ1n) is 6.51. The molecule has 0 radical (unpaired) electrons. The number of hydrogen-bond acceptors (Lipinski definition) is 3. The number of methoxy groups -OCH3 is 1. The molecule has 0 saturated heterocycles. The van der Waals surface area contributed by atoms with Crippen molar-refractivity contribution in [2.24, 2.45) is 0 Å². The van der Waals surface area contributed by atoms with E-state index in [9.17, 15) is 4.79 Å². The molecule has 1 atom stereocenters.